The van der Waals surface area contributed by atoms with Gasteiger partial charge < -0.3 is 10.3 Å². The van der Waals surface area contributed by atoms with Crippen molar-refractivity contribution in [3.8, 4) is 0 Å². The van der Waals surface area contributed by atoms with Crippen molar-refractivity contribution in [2.45, 2.75) is 24.3 Å². The van der Waals surface area contributed by atoms with Gasteiger partial charge in [0.25, 0.3) is 5.56 Å². The van der Waals surface area contributed by atoms with Crippen LogP contribution in [0.15, 0.2) is 70.6 Å². The van der Waals surface area contributed by atoms with Crippen molar-refractivity contribution in [2.24, 2.45) is 0 Å². The molecule has 0 bridgehead atoms. The number of nitrogens with one attached hydrogen (secondary N) is 2. The first-order valence-electron chi connectivity index (χ1n) is 7.87. The number of aromatic amines is 1. The summed E-state index contributed by atoms with van der Waals surface area (Å²) in [5, 5.41) is 3.80. The van der Waals surface area contributed by atoms with Crippen LogP contribution in [0.5, 0.6) is 0 Å². The highest BCUT2D eigenvalue weighted by Crippen LogP contribution is 2.20. The number of anilines is 2. The van der Waals surface area contributed by atoms with Crippen LogP contribution in [0, 0.1) is 0 Å². The van der Waals surface area contributed by atoms with E-state index in [-0.39, 0.29) is 5.56 Å². The summed E-state index contributed by atoms with van der Waals surface area (Å²) in [5.41, 5.74) is 3.23. The summed E-state index contributed by atoms with van der Waals surface area (Å²) < 4.78 is 0. The summed E-state index contributed by atoms with van der Waals surface area (Å²) in [6.45, 7) is 2.12. The lowest BCUT2D eigenvalue weighted by Crippen LogP contribution is -2.09. The molecular weight excluding hydrogens is 318 g/mol. The van der Waals surface area contributed by atoms with Crippen molar-refractivity contribution in [1.82, 2.24) is 9.97 Å². The monoisotopic (exact) mass is 337 g/mol. The van der Waals surface area contributed by atoms with Crippen LogP contribution in [0.4, 0.5) is 11.5 Å². The fourth-order valence-corrected chi connectivity index (χ4v) is 3.10. The molecule has 1 heterocycles. The Hall–Kier alpha value is -2.53. The number of aromatic nitrogens is 2. The van der Waals surface area contributed by atoms with Crippen LogP contribution >= 0.6 is 11.8 Å². The highest BCUT2D eigenvalue weighted by molar-refractivity contribution is 7.98. The van der Waals surface area contributed by atoms with E-state index in [1.165, 1.54) is 29.0 Å². The van der Waals surface area contributed by atoms with Crippen LogP contribution in [0.2, 0.25) is 0 Å². The highest BCUT2D eigenvalue weighted by Gasteiger charge is 2.04. The Kier molecular flexibility index (Phi) is 5.33. The largest absolute Gasteiger partial charge is 0.340 e. The van der Waals surface area contributed by atoms with Crippen LogP contribution in [0.3, 0.4) is 0 Å². The van der Waals surface area contributed by atoms with E-state index in [1.54, 1.807) is 0 Å². The fourth-order valence-electron chi connectivity index (χ4n) is 2.27. The average Bonchev–Trinajstić information content (AvgIpc) is 2.61. The van der Waals surface area contributed by atoms with Gasteiger partial charge in [-0.3, -0.25) is 4.79 Å². The molecule has 1 aromatic heterocycles. The van der Waals surface area contributed by atoms with Crippen LogP contribution in [0.25, 0.3) is 0 Å². The van der Waals surface area contributed by atoms with E-state index >= 15 is 0 Å². The maximum absolute atomic E-state index is 11.9. The first kappa shape index (κ1) is 16.3. The van der Waals surface area contributed by atoms with Crippen LogP contribution in [-0.2, 0) is 12.2 Å². The number of hydrogen-bond donors (Lipinski definition) is 2. The molecule has 2 N–H and O–H groups in total. The molecule has 0 saturated carbocycles. The molecule has 0 aliphatic heterocycles. The van der Waals surface area contributed by atoms with E-state index in [4.69, 9.17) is 0 Å². The summed E-state index contributed by atoms with van der Waals surface area (Å²) in [6, 6.07) is 19.7. The summed E-state index contributed by atoms with van der Waals surface area (Å²) in [4.78, 5) is 19.1. The van der Waals surface area contributed by atoms with Crippen molar-refractivity contribution < 1.29 is 0 Å². The fraction of sp³-hybridized carbons (Fsp3) is 0.158. The number of nitrogens with zero attached hydrogens (tertiary/aromatic N) is 1. The van der Waals surface area contributed by atoms with E-state index < -0.39 is 0 Å². The van der Waals surface area contributed by atoms with Gasteiger partial charge in [0.1, 0.15) is 5.82 Å². The molecule has 24 heavy (non-hydrogen) atoms. The SMILES string of the molecule is CCc1ccc(Nc2cc(=O)[nH]c(SCc3ccccc3)n2)cc1. The van der Waals surface area contributed by atoms with Crippen molar-refractivity contribution in [1.29, 1.82) is 0 Å². The zero-order valence-electron chi connectivity index (χ0n) is 13.5. The minimum atomic E-state index is -0.159. The van der Waals surface area contributed by atoms with Gasteiger partial charge in [0, 0.05) is 17.5 Å². The average molecular weight is 337 g/mol. The van der Waals surface area contributed by atoms with Gasteiger partial charge in [0.15, 0.2) is 5.16 Å². The summed E-state index contributed by atoms with van der Waals surface area (Å²) in [6.07, 6.45) is 1.00. The Morgan fingerprint density at radius 3 is 2.50 bits per heavy atom. The smallest absolute Gasteiger partial charge is 0.253 e. The molecule has 4 nitrogen and oxygen atoms in total. The summed E-state index contributed by atoms with van der Waals surface area (Å²) >= 11 is 1.51. The van der Waals surface area contributed by atoms with Gasteiger partial charge in [0.2, 0.25) is 0 Å². The second kappa shape index (κ2) is 7.84. The Balaban J connectivity index is 1.72. The second-order valence-corrected chi connectivity index (χ2v) is 6.35. The minimum Gasteiger partial charge on any atom is -0.340 e. The molecule has 0 spiro atoms. The number of rotatable bonds is 6. The van der Waals surface area contributed by atoms with Gasteiger partial charge in [-0.2, -0.15) is 0 Å². The molecule has 0 unspecified atom stereocenters. The van der Waals surface area contributed by atoms with Gasteiger partial charge >= 0.3 is 0 Å². The van der Waals surface area contributed by atoms with Crippen LogP contribution in [-0.4, -0.2) is 9.97 Å². The van der Waals surface area contributed by atoms with E-state index in [1.807, 2.05) is 30.3 Å². The lowest BCUT2D eigenvalue weighted by Gasteiger charge is -2.08. The first-order chi connectivity index (χ1) is 11.7. The number of aryl methyl sites for hydroxylation is 1. The number of H-pyrrole nitrogens is 1. The molecule has 3 aromatic rings. The van der Waals surface area contributed by atoms with Gasteiger partial charge in [0.05, 0.1) is 0 Å². The molecule has 0 fully saturated rings. The summed E-state index contributed by atoms with van der Waals surface area (Å²) in [5.74, 6) is 1.32. The van der Waals surface area contributed by atoms with Crippen LogP contribution in [0.1, 0.15) is 18.1 Å². The molecule has 0 radical (unpaired) electrons. The van der Waals surface area contributed by atoms with Crippen molar-refractivity contribution >= 4 is 23.3 Å². The van der Waals surface area contributed by atoms with Gasteiger partial charge in [-0.05, 0) is 29.7 Å². The Morgan fingerprint density at radius 1 is 1.04 bits per heavy atom. The molecular formula is C19H19N3OS. The first-order valence-corrected chi connectivity index (χ1v) is 8.85. The third-order valence-electron chi connectivity index (χ3n) is 3.57. The van der Waals surface area contributed by atoms with Crippen LogP contribution < -0.4 is 10.9 Å². The summed E-state index contributed by atoms with van der Waals surface area (Å²) in [7, 11) is 0. The van der Waals surface area contributed by atoms with Crippen molar-refractivity contribution in [2.75, 3.05) is 5.32 Å². The predicted octanol–water partition coefficient (Wildman–Crippen LogP) is 4.37. The molecule has 3 rings (SSSR count). The number of hydrogen-bond acceptors (Lipinski definition) is 4. The molecule has 0 saturated heterocycles. The van der Waals surface area contributed by atoms with E-state index in [0.717, 1.165) is 17.9 Å². The van der Waals surface area contributed by atoms with Crippen molar-refractivity contribution in [3.63, 3.8) is 0 Å². The molecule has 0 aliphatic rings. The van der Waals surface area contributed by atoms with E-state index in [2.05, 4.69) is 46.5 Å². The maximum atomic E-state index is 11.9. The lowest BCUT2D eigenvalue weighted by atomic mass is 10.1. The topological polar surface area (TPSA) is 57.8 Å². The normalized spacial score (nSPS) is 10.5. The quantitative estimate of drug-likeness (QED) is 0.518. The Bertz CT molecular complexity index is 844. The Morgan fingerprint density at radius 2 is 1.79 bits per heavy atom. The molecule has 122 valence electrons. The van der Waals surface area contributed by atoms with E-state index in [0.29, 0.717) is 11.0 Å². The molecule has 0 aliphatic carbocycles. The molecule has 0 atom stereocenters. The molecule has 2 aromatic carbocycles. The van der Waals surface area contributed by atoms with Crippen molar-refractivity contribution in [3.05, 3.63) is 82.1 Å². The Labute approximate surface area is 145 Å². The van der Waals surface area contributed by atoms with E-state index in [9.17, 15) is 4.79 Å². The number of thioether (sulfide) groups is 1. The highest BCUT2D eigenvalue weighted by atomic mass is 32.2. The molecule has 0 amide bonds. The molecule has 5 heteroatoms. The second-order valence-electron chi connectivity index (χ2n) is 5.39. The number of benzene rings is 2. The predicted molar refractivity (Wildman–Crippen MR) is 100.0 cm³/mol. The zero-order chi connectivity index (χ0) is 16.8. The lowest BCUT2D eigenvalue weighted by molar-refractivity contribution is 0.941. The van der Waals surface area contributed by atoms with Gasteiger partial charge in [-0.25, -0.2) is 4.98 Å². The third kappa shape index (κ3) is 4.49. The van der Waals surface area contributed by atoms with Gasteiger partial charge in [-0.15, -0.1) is 0 Å². The van der Waals surface area contributed by atoms with Gasteiger partial charge in [-0.1, -0.05) is 61.2 Å². The standard InChI is InChI=1S/C19H19N3OS/c1-2-14-8-10-16(11-9-14)20-17-12-18(23)22-19(21-17)24-13-15-6-4-3-5-7-15/h3-12H,2,13H2,1H3,(H2,20,21,22,23). The maximum Gasteiger partial charge on any atom is 0.253 e. The minimum absolute atomic E-state index is 0.159. The zero-order valence-corrected chi connectivity index (χ0v) is 14.3. The third-order valence-corrected chi connectivity index (χ3v) is 4.52.